The predicted molar refractivity (Wildman–Crippen MR) is 117 cm³/mol. The first-order valence-corrected chi connectivity index (χ1v) is 9.53. The molecule has 0 saturated carbocycles. The highest BCUT2D eigenvalue weighted by Gasteiger charge is 2.11. The lowest BCUT2D eigenvalue weighted by atomic mass is 9.92. The molecule has 0 bridgehead atoms. The van der Waals surface area contributed by atoms with Crippen LogP contribution >= 0.6 is 0 Å². The minimum atomic E-state index is 0.00642. The quantitative estimate of drug-likeness (QED) is 0.386. The number of fused-ring (bicyclic) bond motifs is 4. The monoisotopic (exact) mass is 364 g/mol. The normalized spacial score (nSPS) is 11.3. The van der Waals surface area contributed by atoms with Gasteiger partial charge in [-0.1, -0.05) is 84.9 Å². The first kappa shape index (κ1) is 16.8. The van der Waals surface area contributed by atoms with Gasteiger partial charge in [-0.3, -0.25) is 0 Å². The third-order valence-electron chi connectivity index (χ3n) is 5.31. The van der Waals surface area contributed by atoms with E-state index in [9.17, 15) is 0 Å². The van der Waals surface area contributed by atoms with E-state index in [0.717, 1.165) is 16.5 Å². The molecule has 0 aliphatic heterocycles. The van der Waals surface area contributed by atoms with Gasteiger partial charge in [0.1, 0.15) is 12.4 Å². The fourth-order valence-electron chi connectivity index (χ4n) is 4.07. The van der Waals surface area contributed by atoms with Gasteiger partial charge >= 0.3 is 0 Å². The second kappa shape index (κ2) is 6.99. The molecule has 2 heteroatoms. The van der Waals surface area contributed by atoms with Crippen molar-refractivity contribution in [3.63, 3.8) is 0 Å². The van der Waals surface area contributed by atoms with Crippen molar-refractivity contribution in [3.05, 3.63) is 91.0 Å². The highest BCUT2D eigenvalue weighted by molar-refractivity contribution is 6.14. The summed E-state index contributed by atoms with van der Waals surface area (Å²) in [6.45, 7) is 0.302. The zero-order valence-electron chi connectivity index (χ0n) is 15.4. The Bertz CT molecular complexity index is 1300. The Morgan fingerprint density at radius 3 is 2.00 bits per heavy atom. The predicted octanol–water partition coefficient (Wildman–Crippen LogP) is 6.18. The Morgan fingerprint density at radius 1 is 0.536 bits per heavy atom. The molecular formula is C26H20O2. The van der Waals surface area contributed by atoms with Gasteiger partial charge in [-0.2, -0.15) is 0 Å². The summed E-state index contributed by atoms with van der Waals surface area (Å²) in [5.41, 5.74) is 2.40. The molecule has 0 radical (unpaired) electrons. The van der Waals surface area contributed by atoms with Crippen molar-refractivity contribution in [1.29, 1.82) is 0 Å². The average molecular weight is 364 g/mol. The molecule has 5 aromatic carbocycles. The molecule has 0 aliphatic rings. The van der Waals surface area contributed by atoms with Gasteiger partial charge in [0.2, 0.25) is 0 Å². The van der Waals surface area contributed by atoms with E-state index in [1.54, 1.807) is 0 Å². The summed E-state index contributed by atoms with van der Waals surface area (Å²) in [7, 11) is 0. The topological polar surface area (TPSA) is 29.5 Å². The van der Waals surface area contributed by atoms with E-state index in [1.165, 1.54) is 32.7 Å². The number of aliphatic hydroxyl groups is 1. The molecule has 0 aliphatic carbocycles. The Labute approximate surface area is 163 Å². The average Bonchev–Trinajstić information content (AvgIpc) is 2.76. The van der Waals surface area contributed by atoms with Gasteiger partial charge in [0, 0.05) is 5.39 Å². The number of aliphatic hydroxyl groups excluding tert-OH is 1. The largest absolute Gasteiger partial charge is 0.491 e. The van der Waals surface area contributed by atoms with Crippen LogP contribution in [-0.2, 0) is 0 Å². The molecule has 0 aromatic heterocycles. The summed E-state index contributed by atoms with van der Waals surface area (Å²) in [5, 5.41) is 16.4. The molecule has 1 N–H and O–H groups in total. The van der Waals surface area contributed by atoms with Gasteiger partial charge in [0.15, 0.2) is 0 Å². The molecule has 0 saturated heterocycles. The number of hydrogen-bond donors (Lipinski definition) is 1. The zero-order chi connectivity index (χ0) is 18.9. The van der Waals surface area contributed by atoms with Crippen molar-refractivity contribution in [2.75, 3.05) is 13.2 Å². The SMILES string of the molecule is OCCOc1cccc2c(-c3cccc4c3ccc3ccccc34)cccc12. The third kappa shape index (κ3) is 2.70. The van der Waals surface area contributed by atoms with Crippen LogP contribution in [0.2, 0.25) is 0 Å². The summed E-state index contributed by atoms with van der Waals surface area (Å²) >= 11 is 0. The lowest BCUT2D eigenvalue weighted by Crippen LogP contribution is -2.01. The van der Waals surface area contributed by atoms with Crippen molar-refractivity contribution in [2.45, 2.75) is 0 Å². The summed E-state index contributed by atoms with van der Waals surface area (Å²) < 4.78 is 5.75. The van der Waals surface area contributed by atoms with Crippen molar-refractivity contribution < 1.29 is 9.84 Å². The molecule has 0 atom stereocenters. The molecule has 28 heavy (non-hydrogen) atoms. The lowest BCUT2D eigenvalue weighted by molar-refractivity contribution is 0.203. The second-order valence-electron chi connectivity index (χ2n) is 6.92. The molecule has 136 valence electrons. The maximum atomic E-state index is 9.11. The van der Waals surface area contributed by atoms with Crippen molar-refractivity contribution in [2.24, 2.45) is 0 Å². The molecule has 5 rings (SSSR count). The van der Waals surface area contributed by atoms with Gasteiger partial charge in [-0.25, -0.2) is 0 Å². The van der Waals surface area contributed by atoms with E-state index in [2.05, 4.69) is 78.9 Å². The van der Waals surface area contributed by atoms with Crippen LogP contribution in [0.4, 0.5) is 0 Å². The van der Waals surface area contributed by atoms with E-state index in [-0.39, 0.29) is 6.61 Å². The molecule has 0 spiro atoms. The van der Waals surface area contributed by atoms with E-state index in [4.69, 9.17) is 9.84 Å². The molecule has 0 amide bonds. The van der Waals surface area contributed by atoms with Gasteiger partial charge < -0.3 is 9.84 Å². The van der Waals surface area contributed by atoms with Crippen LogP contribution in [0.15, 0.2) is 91.0 Å². The van der Waals surface area contributed by atoms with Gasteiger partial charge in [0.25, 0.3) is 0 Å². The molecule has 2 nitrogen and oxygen atoms in total. The molecule has 0 heterocycles. The summed E-state index contributed by atoms with van der Waals surface area (Å²) in [6.07, 6.45) is 0. The van der Waals surface area contributed by atoms with Crippen LogP contribution in [0.5, 0.6) is 5.75 Å². The van der Waals surface area contributed by atoms with Crippen molar-refractivity contribution in [1.82, 2.24) is 0 Å². The number of benzene rings is 5. The zero-order valence-corrected chi connectivity index (χ0v) is 15.4. The van der Waals surface area contributed by atoms with Crippen molar-refractivity contribution in [3.8, 4) is 16.9 Å². The smallest absolute Gasteiger partial charge is 0.127 e. The van der Waals surface area contributed by atoms with Crippen LogP contribution in [0.25, 0.3) is 43.4 Å². The highest BCUT2D eigenvalue weighted by atomic mass is 16.5. The Balaban J connectivity index is 1.79. The summed E-state index contributed by atoms with van der Waals surface area (Å²) in [4.78, 5) is 0. The minimum absolute atomic E-state index is 0.00642. The van der Waals surface area contributed by atoms with E-state index < -0.39 is 0 Å². The first-order valence-electron chi connectivity index (χ1n) is 9.53. The number of hydrogen-bond acceptors (Lipinski definition) is 2. The summed E-state index contributed by atoms with van der Waals surface area (Å²) in [6, 6.07) is 31.9. The molecule has 0 fully saturated rings. The van der Waals surface area contributed by atoms with Crippen LogP contribution < -0.4 is 4.74 Å². The maximum absolute atomic E-state index is 9.11. The number of rotatable bonds is 4. The minimum Gasteiger partial charge on any atom is -0.491 e. The van der Waals surface area contributed by atoms with E-state index in [1.807, 2.05) is 12.1 Å². The fraction of sp³-hybridized carbons (Fsp3) is 0.0769. The van der Waals surface area contributed by atoms with E-state index >= 15 is 0 Å². The molecular weight excluding hydrogens is 344 g/mol. The van der Waals surface area contributed by atoms with Crippen molar-refractivity contribution >= 4 is 32.3 Å². The summed E-state index contributed by atoms with van der Waals surface area (Å²) in [5.74, 6) is 0.805. The standard InChI is InChI=1S/C26H20O2/c27-16-17-28-26-13-5-11-23-21(10-4-12-25(23)26)22-9-3-8-20-19-7-2-1-6-18(19)14-15-24(20)22/h1-15,27H,16-17H2. The molecule has 0 unspecified atom stereocenters. The van der Waals surface area contributed by atoms with Gasteiger partial charge in [-0.15, -0.1) is 0 Å². The van der Waals surface area contributed by atoms with Crippen LogP contribution in [0.3, 0.4) is 0 Å². The van der Waals surface area contributed by atoms with Gasteiger partial charge in [-0.05, 0) is 44.1 Å². The van der Waals surface area contributed by atoms with Crippen LogP contribution in [-0.4, -0.2) is 18.3 Å². The maximum Gasteiger partial charge on any atom is 0.127 e. The Morgan fingerprint density at radius 2 is 1.18 bits per heavy atom. The first-order chi connectivity index (χ1) is 13.9. The highest BCUT2D eigenvalue weighted by Crippen LogP contribution is 2.38. The van der Waals surface area contributed by atoms with Gasteiger partial charge in [0.05, 0.1) is 6.61 Å². The number of ether oxygens (including phenoxy) is 1. The lowest BCUT2D eigenvalue weighted by Gasteiger charge is -2.14. The Kier molecular flexibility index (Phi) is 4.19. The molecule has 5 aromatic rings. The fourth-order valence-corrected chi connectivity index (χ4v) is 4.07. The van der Waals surface area contributed by atoms with Crippen LogP contribution in [0, 0.1) is 0 Å². The Hall–Kier alpha value is -3.36. The third-order valence-corrected chi connectivity index (χ3v) is 5.31. The van der Waals surface area contributed by atoms with Crippen LogP contribution in [0.1, 0.15) is 0 Å². The van der Waals surface area contributed by atoms with E-state index in [0.29, 0.717) is 6.61 Å². The second-order valence-corrected chi connectivity index (χ2v) is 6.92.